The van der Waals surface area contributed by atoms with Gasteiger partial charge in [-0.1, -0.05) is 24.3 Å². The van der Waals surface area contributed by atoms with Gasteiger partial charge in [-0.3, -0.25) is 24.5 Å². The molecule has 1 fully saturated rings. The number of halogens is 1. The zero-order valence-corrected chi connectivity index (χ0v) is 18.2. The Morgan fingerprint density at radius 3 is 2.71 bits per heavy atom. The SMILES string of the molecule is C=C(C)C1C(=O)N2CC(OC)CCC(=NCC)C2=NC1C(=O)NCc1ccc(F)cc1. The lowest BCUT2D eigenvalue weighted by atomic mass is 9.89. The average molecular weight is 429 g/mol. The summed E-state index contributed by atoms with van der Waals surface area (Å²) in [6.07, 6.45) is 1.21. The third kappa shape index (κ3) is 5.07. The van der Waals surface area contributed by atoms with E-state index >= 15 is 0 Å². The number of ether oxygens (including phenoxy) is 1. The molecule has 0 spiro atoms. The molecule has 2 aliphatic rings. The number of carbonyl (C=O) groups excluding carboxylic acids is 2. The molecule has 2 amide bonds. The number of methoxy groups -OCH3 is 1. The lowest BCUT2D eigenvalue weighted by molar-refractivity contribution is -0.136. The number of hydrogen-bond donors (Lipinski definition) is 1. The maximum atomic E-state index is 13.4. The number of nitrogens with one attached hydrogen (secondary N) is 1. The minimum absolute atomic E-state index is 0.131. The number of fused-ring (bicyclic) bond motifs is 1. The summed E-state index contributed by atoms with van der Waals surface area (Å²) in [5.74, 6) is -1.25. The largest absolute Gasteiger partial charge is 0.380 e. The molecule has 1 aromatic rings. The van der Waals surface area contributed by atoms with Gasteiger partial charge < -0.3 is 10.1 Å². The van der Waals surface area contributed by atoms with Gasteiger partial charge in [0.1, 0.15) is 11.9 Å². The first kappa shape index (κ1) is 22.8. The summed E-state index contributed by atoms with van der Waals surface area (Å²) in [7, 11) is 1.62. The predicted octanol–water partition coefficient (Wildman–Crippen LogP) is 2.51. The van der Waals surface area contributed by atoms with Crippen LogP contribution in [0.4, 0.5) is 4.39 Å². The zero-order valence-electron chi connectivity index (χ0n) is 18.2. The van der Waals surface area contributed by atoms with E-state index in [1.54, 1.807) is 31.1 Å². The highest BCUT2D eigenvalue weighted by molar-refractivity contribution is 6.44. The number of amidine groups is 1. The molecule has 3 unspecified atom stereocenters. The maximum Gasteiger partial charge on any atom is 0.246 e. The Hall–Kier alpha value is -2.87. The van der Waals surface area contributed by atoms with Crippen LogP contribution in [0.5, 0.6) is 0 Å². The lowest BCUT2D eigenvalue weighted by Gasteiger charge is -2.36. The van der Waals surface area contributed by atoms with Crippen molar-refractivity contribution in [1.82, 2.24) is 10.2 Å². The molecule has 1 N–H and O–H groups in total. The summed E-state index contributed by atoms with van der Waals surface area (Å²) in [5.41, 5.74) is 2.04. The molecule has 7 nitrogen and oxygen atoms in total. The standard InChI is InChI=1S/C23H29FN4O3/c1-5-25-18-11-10-17(31-4)13-28-21(18)27-20(19(14(2)3)23(28)30)22(29)26-12-15-6-8-16(24)9-7-15/h6-9,17,19-20H,2,5,10-13H2,1,3-4H3,(H,26,29). The number of carbonyl (C=O) groups is 2. The van der Waals surface area contributed by atoms with Crippen molar-refractivity contribution < 1.29 is 18.7 Å². The molecule has 0 aromatic heterocycles. The Balaban J connectivity index is 1.92. The van der Waals surface area contributed by atoms with E-state index in [0.717, 1.165) is 12.0 Å². The van der Waals surface area contributed by atoms with Crippen LogP contribution in [0.3, 0.4) is 0 Å². The minimum atomic E-state index is -0.933. The summed E-state index contributed by atoms with van der Waals surface area (Å²) >= 11 is 0. The fourth-order valence-electron chi connectivity index (χ4n) is 3.91. The van der Waals surface area contributed by atoms with Crippen molar-refractivity contribution in [1.29, 1.82) is 0 Å². The Morgan fingerprint density at radius 2 is 2.10 bits per heavy atom. The zero-order chi connectivity index (χ0) is 22.5. The summed E-state index contributed by atoms with van der Waals surface area (Å²) < 4.78 is 18.7. The van der Waals surface area contributed by atoms with E-state index in [0.29, 0.717) is 36.6 Å². The van der Waals surface area contributed by atoms with Crippen molar-refractivity contribution in [3.05, 3.63) is 47.8 Å². The van der Waals surface area contributed by atoms with Crippen LogP contribution in [0.2, 0.25) is 0 Å². The molecule has 0 aliphatic carbocycles. The highest BCUT2D eigenvalue weighted by atomic mass is 19.1. The van der Waals surface area contributed by atoms with Gasteiger partial charge in [0.05, 0.1) is 24.3 Å². The highest BCUT2D eigenvalue weighted by Crippen LogP contribution is 2.28. The molecule has 0 radical (unpaired) electrons. The fraction of sp³-hybridized carbons (Fsp3) is 0.478. The number of nitrogens with zero attached hydrogens (tertiary/aromatic N) is 3. The first-order valence-corrected chi connectivity index (χ1v) is 10.5. The maximum absolute atomic E-state index is 13.4. The van der Waals surface area contributed by atoms with Crippen LogP contribution >= 0.6 is 0 Å². The molecule has 1 aromatic carbocycles. The van der Waals surface area contributed by atoms with Gasteiger partial charge in [-0.15, -0.1) is 0 Å². The van der Waals surface area contributed by atoms with E-state index in [2.05, 4.69) is 16.9 Å². The normalized spacial score (nSPS) is 25.0. The van der Waals surface area contributed by atoms with Crippen LogP contribution in [0.1, 0.15) is 32.3 Å². The second-order valence-corrected chi connectivity index (χ2v) is 7.83. The second kappa shape index (κ2) is 9.96. The van der Waals surface area contributed by atoms with Crippen LogP contribution in [-0.2, 0) is 20.9 Å². The molecule has 3 atom stereocenters. The van der Waals surface area contributed by atoms with Crippen LogP contribution in [0.25, 0.3) is 0 Å². The smallest absolute Gasteiger partial charge is 0.246 e. The second-order valence-electron chi connectivity index (χ2n) is 7.83. The fourth-order valence-corrected chi connectivity index (χ4v) is 3.91. The van der Waals surface area contributed by atoms with Crippen molar-refractivity contribution in [3.8, 4) is 0 Å². The summed E-state index contributed by atoms with van der Waals surface area (Å²) in [4.78, 5) is 37.4. The van der Waals surface area contributed by atoms with Crippen LogP contribution in [0.15, 0.2) is 46.4 Å². The van der Waals surface area contributed by atoms with Gasteiger partial charge >= 0.3 is 0 Å². The number of benzene rings is 1. The van der Waals surface area contributed by atoms with Crippen molar-refractivity contribution in [3.63, 3.8) is 0 Å². The van der Waals surface area contributed by atoms with Crippen molar-refractivity contribution in [2.75, 3.05) is 20.2 Å². The van der Waals surface area contributed by atoms with E-state index < -0.39 is 12.0 Å². The molecular formula is C23H29FN4O3. The van der Waals surface area contributed by atoms with Gasteiger partial charge in [-0.2, -0.15) is 0 Å². The molecule has 31 heavy (non-hydrogen) atoms. The molecule has 0 bridgehead atoms. The lowest BCUT2D eigenvalue weighted by Crippen LogP contribution is -2.56. The van der Waals surface area contributed by atoms with E-state index in [-0.39, 0.29) is 30.3 Å². The third-order valence-corrected chi connectivity index (χ3v) is 5.57. The van der Waals surface area contributed by atoms with Gasteiger partial charge in [0.15, 0.2) is 5.84 Å². The van der Waals surface area contributed by atoms with E-state index in [4.69, 9.17) is 9.73 Å². The Morgan fingerprint density at radius 1 is 1.39 bits per heavy atom. The molecule has 0 saturated carbocycles. The molecule has 166 valence electrons. The monoisotopic (exact) mass is 428 g/mol. The van der Waals surface area contributed by atoms with Gasteiger partial charge in [0.2, 0.25) is 11.8 Å². The number of amides is 2. The van der Waals surface area contributed by atoms with Gasteiger partial charge in [-0.05, 0) is 44.4 Å². The van der Waals surface area contributed by atoms with Gasteiger partial charge in [-0.25, -0.2) is 4.39 Å². The first-order chi connectivity index (χ1) is 14.8. The number of rotatable bonds is 6. The van der Waals surface area contributed by atoms with Crippen molar-refractivity contribution >= 4 is 23.4 Å². The van der Waals surface area contributed by atoms with Crippen LogP contribution in [-0.4, -0.2) is 60.6 Å². The van der Waals surface area contributed by atoms with Gasteiger partial charge in [0.25, 0.3) is 0 Å². The molecule has 3 rings (SSSR count). The topological polar surface area (TPSA) is 83.4 Å². The Kier molecular flexibility index (Phi) is 7.33. The average Bonchev–Trinajstić information content (AvgIpc) is 2.92. The Bertz CT molecular complexity index is 910. The van der Waals surface area contributed by atoms with Crippen LogP contribution < -0.4 is 5.32 Å². The third-order valence-electron chi connectivity index (χ3n) is 5.57. The molecule has 2 aliphatic heterocycles. The summed E-state index contributed by atoms with van der Waals surface area (Å²) in [5, 5.41) is 2.83. The Labute approximate surface area is 182 Å². The van der Waals surface area contributed by atoms with Crippen molar-refractivity contribution in [2.45, 2.75) is 45.4 Å². The number of hydrogen-bond acceptors (Lipinski definition) is 5. The van der Waals surface area contributed by atoms with E-state index in [1.165, 1.54) is 12.1 Å². The molecule has 1 saturated heterocycles. The van der Waals surface area contributed by atoms with E-state index in [1.807, 2.05) is 6.92 Å². The quantitative estimate of drug-likeness (QED) is 0.707. The van der Waals surface area contributed by atoms with E-state index in [9.17, 15) is 14.0 Å². The van der Waals surface area contributed by atoms with Gasteiger partial charge in [0, 0.05) is 20.2 Å². The first-order valence-electron chi connectivity index (χ1n) is 10.5. The highest BCUT2D eigenvalue weighted by Gasteiger charge is 2.45. The van der Waals surface area contributed by atoms with Crippen LogP contribution in [0, 0.1) is 11.7 Å². The summed E-state index contributed by atoms with van der Waals surface area (Å²) in [6, 6.07) is 4.96. The molecular weight excluding hydrogens is 399 g/mol. The summed E-state index contributed by atoms with van der Waals surface area (Å²) in [6.45, 7) is 8.73. The minimum Gasteiger partial charge on any atom is -0.380 e. The van der Waals surface area contributed by atoms with Crippen molar-refractivity contribution in [2.24, 2.45) is 15.9 Å². The molecule has 2 heterocycles. The number of aliphatic imine (C=N–C) groups is 2. The predicted molar refractivity (Wildman–Crippen MR) is 117 cm³/mol. The molecule has 8 heteroatoms.